The Kier molecular flexibility index (Phi) is 3.59. The molecule has 0 amide bonds. The minimum absolute atomic E-state index is 0. The summed E-state index contributed by atoms with van der Waals surface area (Å²) in [5, 5.41) is 0. The van der Waals surface area contributed by atoms with Gasteiger partial charge in [-0.2, -0.15) is 35.9 Å². The van der Waals surface area contributed by atoms with Gasteiger partial charge >= 0.3 is 0 Å². The Hall–Kier alpha value is -0.261. The van der Waals surface area contributed by atoms with Crippen LogP contribution in [0.5, 0.6) is 0 Å². The summed E-state index contributed by atoms with van der Waals surface area (Å²) in [5.74, 6) is 0. The molecule has 0 heterocycles. The summed E-state index contributed by atoms with van der Waals surface area (Å²) in [7, 11) is 0. The summed E-state index contributed by atoms with van der Waals surface area (Å²) in [6.07, 6.45) is 0. The molecule has 1 rings (SSSR count). The standard InChI is InChI=1S/C7H7.Mn/c1-7-5-3-2-4-6-7;/h3-6H,1H3;/q-1;. The third-order valence-corrected chi connectivity index (χ3v) is 0.885. The van der Waals surface area contributed by atoms with E-state index in [2.05, 4.69) is 13.0 Å². The van der Waals surface area contributed by atoms with Gasteiger partial charge in [-0.25, -0.2) is 0 Å². The molecule has 0 saturated heterocycles. The average molecular weight is 146 g/mol. The summed E-state index contributed by atoms with van der Waals surface area (Å²) >= 11 is 0. The number of rotatable bonds is 0. The summed E-state index contributed by atoms with van der Waals surface area (Å²) in [6, 6.07) is 10.8. The number of hydrogen-bond donors (Lipinski definition) is 0. The van der Waals surface area contributed by atoms with Gasteiger partial charge in [-0.05, 0) is 0 Å². The van der Waals surface area contributed by atoms with Gasteiger partial charge in [0.1, 0.15) is 0 Å². The maximum atomic E-state index is 2.93. The van der Waals surface area contributed by atoms with Crippen LogP contribution in [0, 0.1) is 13.0 Å². The van der Waals surface area contributed by atoms with Crippen molar-refractivity contribution in [3.8, 4) is 0 Å². The Labute approximate surface area is 60.4 Å². The molecule has 1 aromatic rings. The smallest absolute Gasteiger partial charge is 0 e. The molecular formula is C7H7Mn-. The van der Waals surface area contributed by atoms with E-state index in [-0.39, 0.29) is 17.1 Å². The van der Waals surface area contributed by atoms with Gasteiger partial charge in [-0.3, -0.25) is 0 Å². The van der Waals surface area contributed by atoms with Crippen molar-refractivity contribution in [2.45, 2.75) is 6.92 Å². The van der Waals surface area contributed by atoms with Gasteiger partial charge in [0.15, 0.2) is 0 Å². The van der Waals surface area contributed by atoms with E-state index in [9.17, 15) is 0 Å². The summed E-state index contributed by atoms with van der Waals surface area (Å²) in [4.78, 5) is 0. The van der Waals surface area contributed by atoms with Crippen molar-refractivity contribution in [2.24, 2.45) is 0 Å². The van der Waals surface area contributed by atoms with Crippen LogP contribution in [0.15, 0.2) is 24.3 Å². The second-order valence-corrected chi connectivity index (χ2v) is 1.58. The molecule has 43 valence electrons. The van der Waals surface area contributed by atoms with Crippen LogP contribution in [0.3, 0.4) is 0 Å². The summed E-state index contributed by atoms with van der Waals surface area (Å²) in [6.45, 7) is 2.06. The SMILES string of the molecule is Cc1cc[c-]cc1.[Mn]. The molecule has 1 aromatic carbocycles. The zero-order valence-corrected chi connectivity index (χ0v) is 5.87. The van der Waals surface area contributed by atoms with Crippen molar-refractivity contribution >= 4 is 0 Å². The normalized spacial score (nSPS) is 7.62. The molecule has 0 saturated carbocycles. The Balaban J connectivity index is 0.000000490. The molecular weight excluding hydrogens is 139 g/mol. The predicted octanol–water partition coefficient (Wildman–Crippen LogP) is 1.79. The quantitative estimate of drug-likeness (QED) is 0.386. The van der Waals surface area contributed by atoms with Crippen molar-refractivity contribution in [3.63, 3.8) is 0 Å². The van der Waals surface area contributed by atoms with E-state index >= 15 is 0 Å². The van der Waals surface area contributed by atoms with Gasteiger partial charge in [-0.1, -0.05) is 6.92 Å². The van der Waals surface area contributed by atoms with E-state index < -0.39 is 0 Å². The van der Waals surface area contributed by atoms with Crippen molar-refractivity contribution in [1.82, 2.24) is 0 Å². The summed E-state index contributed by atoms with van der Waals surface area (Å²) in [5.41, 5.74) is 1.29. The van der Waals surface area contributed by atoms with Crippen molar-refractivity contribution in [2.75, 3.05) is 0 Å². The van der Waals surface area contributed by atoms with E-state index in [0.29, 0.717) is 0 Å². The van der Waals surface area contributed by atoms with E-state index in [0.717, 1.165) is 0 Å². The van der Waals surface area contributed by atoms with Crippen LogP contribution >= 0.6 is 0 Å². The first-order valence-corrected chi connectivity index (χ1v) is 2.32. The zero-order chi connectivity index (χ0) is 5.11. The fourth-order valence-electron chi connectivity index (χ4n) is 0.470. The van der Waals surface area contributed by atoms with Crippen LogP contribution < -0.4 is 0 Å². The molecule has 0 aliphatic carbocycles. The summed E-state index contributed by atoms with van der Waals surface area (Å²) < 4.78 is 0. The first-order valence-electron chi connectivity index (χ1n) is 2.32. The average Bonchev–Trinajstić information content (AvgIpc) is 1.69. The molecule has 0 spiro atoms. The minimum atomic E-state index is 0. The van der Waals surface area contributed by atoms with Crippen molar-refractivity contribution in [3.05, 3.63) is 35.9 Å². The molecule has 0 atom stereocenters. The molecule has 0 unspecified atom stereocenters. The van der Waals surface area contributed by atoms with E-state index in [1.165, 1.54) is 5.56 Å². The van der Waals surface area contributed by atoms with Crippen LogP contribution in [0.2, 0.25) is 0 Å². The van der Waals surface area contributed by atoms with Gasteiger partial charge in [-0.15, -0.1) is 0 Å². The number of benzene rings is 1. The van der Waals surface area contributed by atoms with Gasteiger partial charge in [0.05, 0.1) is 0 Å². The van der Waals surface area contributed by atoms with Crippen LogP contribution in [0.25, 0.3) is 0 Å². The van der Waals surface area contributed by atoms with Crippen LogP contribution in [-0.4, -0.2) is 0 Å². The second kappa shape index (κ2) is 3.71. The molecule has 0 N–H and O–H groups in total. The minimum Gasteiger partial charge on any atom is -0.184 e. The molecule has 0 aliphatic heterocycles. The monoisotopic (exact) mass is 146 g/mol. The van der Waals surface area contributed by atoms with Crippen LogP contribution in [-0.2, 0) is 17.1 Å². The first kappa shape index (κ1) is 7.74. The third-order valence-electron chi connectivity index (χ3n) is 0.885. The molecule has 8 heavy (non-hydrogen) atoms. The van der Waals surface area contributed by atoms with E-state index in [1.54, 1.807) is 0 Å². The molecule has 0 aliphatic rings. The van der Waals surface area contributed by atoms with Gasteiger partial charge in [0.25, 0.3) is 0 Å². The topological polar surface area (TPSA) is 0 Å². The molecule has 0 nitrogen and oxygen atoms in total. The van der Waals surface area contributed by atoms with E-state index in [4.69, 9.17) is 0 Å². The van der Waals surface area contributed by atoms with E-state index in [1.807, 2.05) is 24.3 Å². The van der Waals surface area contributed by atoms with Gasteiger partial charge < -0.3 is 0 Å². The third kappa shape index (κ3) is 2.15. The number of aryl methyl sites for hydroxylation is 1. The molecule has 1 radical (unpaired) electrons. The van der Waals surface area contributed by atoms with Crippen LogP contribution in [0.4, 0.5) is 0 Å². The van der Waals surface area contributed by atoms with Crippen LogP contribution in [0.1, 0.15) is 5.56 Å². The fourth-order valence-corrected chi connectivity index (χ4v) is 0.470. The van der Waals surface area contributed by atoms with Crippen molar-refractivity contribution < 1.29 is 17.1 Å². The maximum absolute atomic E-state index is 2.93. The predicted molar refractivity (Wildman–Crippen MR) is 30.0 cm³/mol. The number of hydrogen-bond acceptors (Lipinski definition) is 0. The maximum Gasteiger partial charge on any atom is 0 e. The second-order valence-electron chi connectivity index (χ2n) is 1.58. The molecule has 0 aromatic heterocycles. The zero-order valence-electron chi connectivity index (χ0n) is 4.69. The van der Waals surface area contributed by atoms with Gasteiger partial charge in [0.2, 0.25) is 0 Å². The Morgan fingerprint density at radius 2 is 1.75 bits per heavy atom. The molecule has 1 heteroatoms. The first-order chi connectivity index (χ1) is 3.39. The Morgan fingerprint density at radius 3 is 2.00 bits per heavy atom. The van der Waals surface area contributed by atoms with Gasteiger partial charge in [0, 0.05) is 17.1 Å². The fraction of sp³-hybridized carbons (Fsp3) is 0.143. The molecule has 0 fully saturated rings. The Morgan fingerprint density at radius 1 is 1.25 bits per heavy atom. The largest absolute Gasteiger partial charge is 0.184 e. The van der Waals surface area contributed by atoms with Crippen molar-refractivity contribution in [1.29, 1.82) is 0 Å². The Bertz CT molecular complexity index is 134. The molecule has 0 bridgehead atoms.